The summed E-state index contributed by atoms with van der Waals surface area (Å²) in [5.74, 6) is 0.804. The van der Waals surface area contributed by atoms with E-state index in [-0.39, 0.29) is 0 Å². The molecule has 0 bridgehead atoms. The van der Waals surface area contributed by atoms with E-state index in [2.05, 4.69) is 16.4 Å². The van der Waals surface area contributed by atoms with Crippen molar-refractivity contribution in [2.75, 3.05) is 11.9 Å². The van der Waals surface area contributed by atoms with E-state index < -0.39 is 0 Å². The Kier molecular flexibility index (Phi) is 4.21. The van der Waals surface area contributed by atoms with Crippen molar-refractivity contribution in [3.63, 3.8) is 0 Å². The van der Waals surface area contributed by atoms with Gasteiger partial charge in [0.25, 0.3) is 0 Å². The summed E-state index contributed by atoms with van der Waals surface area (Å²) in [4.78, 5) is 4.31. The number of nitrogens with zero attached hydrogens (tertiary/aromatic N) is 2. The average Bonchev–Trinajstić information content (AvgIpc) is 2.39. The highest BCUT2D eigenvalue weighted by atomic mass is 16.5. The van der Waals surface area contributed by atoms with Gasteiger partial charge < -0.3 is 10.1 Å². The molecule has 0 saturated carbocycles. The number of aromatic nitrogens is 1. The molecule has 1 aromatic heterocycles. The minimum absolute atomic E-state index is 0.567. The summed E-state index contributed by atoms with van der Waals surface area (Å²) < 4.78 is 5.47. The molecule has 4 nitrogen and oxygen atoms in total. The smallest absolute Gasteiger partial charge is 0.121 e. The molecule has 0 unspecified atom stereocenters. The van der Waals surface area contributed by atoms with Gasteiger partial charge in [0, 0.05) is 17.4 Å². The highest BCUT2D eigenvalue weighted by molar-refractivity contribution is 5.68. The van der Waals surface area contributed by atoms with Crippen LogP contribution in [0.25, 0.3) is 0 Å². The van der Waals surface area contributed by atoms with E-state index >= 15 is 0 Å². The van der Waals surface area contributed by atoms with E-state index in [9.17, 15) is 5.26 Å². The summed E-state index contributed by atoms with van der Waals surface area (Å²) >= 11 is 0. The lowest BCUT2D eigenvalue weighted by Gasteiger charge is -2.12. The van der Waals surface area contributed by atoms with Gasteiger partial charge in [-0.2, -0.15) is 5.26 Å². The van der Waals surface area contributed by atoms with Crippen molar-refractivity contribution in [2.45, 2.75) is 20.8 Å². The van der Waals surface area contributed by atoms with Crippen LogP contribution in [0.2, 0.25) is 0 Å². The molecule has 0 aliphatic heterocycles. The molecular formula is C16H17N3O. The van der Waals surface area contributed by atoms with Gasteiger partial charge in [-0.15, -0.1) is 0 Å². The first-order chi connectivity index (χ1) is 9.63. The van der Waals surface area contributed by atoms with Crippen LogP contribution < -0.4 is 10.1 Å². The fourth-order valence-corrected chi connectivity index (χ4v) is 2.05. The molecule has 0 radical (unpaired) electrons. The molecule has 0 aliphatic rings. The zero-order valence-corrected chi connectivity index (χ0v) is 11.9. The summed E-state index contributed by atoms with van der Waals surface area (Å²) in [5, 5.41) is 12.5. The number of hydrogen-bond acceptors (Lipinski definition) is 4. The highest BCUT2D eigenvalue weighted by Crippen LogP contribution is 2.25. The Bertz CT molecular complexity index is 659. The second kappa shape index (κ2) is 6.07. The summed E-state index contributed by atoms with van der Waals surface area (Å²) in [6.45, 7) is 6.33. The minimum Gasteiger partial charge on any atom is -0.494 e. The second-order valence-corrected chi connectivity index (χ2v) is 4.47. The van der Waals surface area contributed by atoms with Crippen LogP contribution in [0.3, 0.4) is 0 Å². The predicted molar refractivity (Wildman–Crippen MR) is 79.3 cm³/mol. The average molecular weight is 267 g/mol. The van der Waals surface area contributed by atoms with Crippen LogP contribution in [0.5, 0.6) is 5.75 Å². The van der Waals surface area contributed by atoms with Crippen molar-refractivity contribution >= 4 is 11.4 Å². The predicted octanol–water partition coefficient (Wildman–Crippen LogP) is 3.71. The van der Waals surface area contributed by atoms with Crippen molar-refractivity contribution in [1.82, 2.24) is 4.98 Å². The third-order valence-corrected chi connectivity index (χ3v) is 2.86. The fourth-order valence-electron chi connectivity index (χ4n) is 2.05. The zero-order valence-electron chi connectivity index (χ0n) is 11.9. The highest BCUT2D eigenvalue weighted by Gasteiger charge is 2.08. The number of benzene rings is 1. The van der Waals surface area contributed by atoms with Gasteiger partial charge in [0.15, 0.2) is 0 Å². The lowest BCUT2D eigenvalue weighted by atomic mass is 10.1. The molecule has 4 heteroatoms. The summed E-state index contributed by atoms with van der Waals surface area (Å²) in [6.07, 6.45) is 0. The third-order valence-electron chi connectivity index (χ3n) is 2.86. The third kappa shape index (κ3) is 3.07. The van der Waals surface area contributed by atoms with Gasteiger partial charge in [-0.1, -0.05) is 6.07 Å². The van der Waals surface area contributed by atoms with Gasteiger partial charge >= 0.3 is 0 Å². The molecule has 1 aromatic carbocycles. The molecule has 2 rings (SSSR count). The first kappa shape index (κ1) is 13.9. The molecule has 0 saturated heterocycles. The van der Waals surface area contributed by atoms with Gasteiger partial charge in [0.1, 0.15) is 11.8 Å². The van der Waals surface area contributed by atoms with E-state index in [0.29, 0.717) is 12.2 Å². The molecule has 0 amide bonds. The number of nitriles is 1. The maximum Gasteiger partial charge on any atom is 0.121 e. The van der Waals surface area contributed by atoms with Crippen molar-refractivity contribution < 1.29 is 4.74 Å². The molecule has 1 N–H and O–H groups in total. The zero-order chi connectivity index (χ0) is 14.5. The van der Waals surface area contributed by atoms with E-state index in [0.717, 1.165) is 28.5 Å². The maximum atomic E-state index is 9.25. The Morgan fingerprint density at radius 3 is 2.80 bits per heavy atom. The first-order valence-corrected chi connectivity index (χ1v) is 6.52. The molecular weight excluding hydrogens is 250 g/mol. The van der Waals surface area contributed by atoms with Crippen LogP contribution in [0, 0.1) is 25.2 Å². The molecule has 0 atom stereocenters. The summed E-state index contributed by atoms with van der Waals surface area (Å²) in [5.41, 5.74) is 3.84. The normalized spacial score (nSPS) is 9.90. The largest absolute Gasteiger partial charge is 0.494 e. The van der Waals surface area contributed by atoms with Gasteiger partial charge in [0.2, 0.25) is 0 Å². The number of aryl methyl sites for hydroxylation is 2. The van der Waals surface area contributed by atoms with Crippen LogP contribution in [0.4, 0.5) is 11.4 Å². The van der Waals surface area contributed by atoms with Crippen LogP contribution in [0.1, 0.15) is 23.9 Å². The molecule has 102 valence electrons. The molecule has 0 fully saturated rings. The number of pyridine rings is 1. The lowest BCUT2D eigenvalue weighted by molar-refractivity contribution is 0.340. The van der Waals surface area contributed by atoms with E-state index in [1.165, 1.54) is 0 Å². The monoisotopic (exact) mass is 267 g/mol. The van der Waals surface area contributed by atoms with Crippen LogP contribution >= 0.6 is 0 Å². The topological polar surface area (TPSA) is 57.9 Å². The summed E-state index contributed by atoms with van der Waals surface area (Å²) in [7, 11) is 0. The van der Waals surface area contributed by atoms with Crippen molar-refractivity contribution in [1.29, 1.82) is 5.26 Å². The van der Waals surface area contributed by atoms with Gasteiger partial charge in [0.05, 0.1) is 23.6 Å². The van der Waals surface area contributed by atoms with Crippen molar-refractivity contribution in [3.05, 3.63) is 47.3 Å². The van der Waals surface area contributed by atoms with E-state index in [1.54, 1.807) is 0 Å². The van der Waals surface area contributed by atoms with Gasteiger partial charge in [-0.3, -0.25) is 4.98 Å². The number of rotatable bonds is 4. The fraction of sp³-hybridized carbons (Fsp3) is 0.250. The van der Waals surface area contributed by atoms with Crippen LogP contribution in [-0.4, -0.2) is 11.6 Å². The first-order valence-electron chi connectivity index (χ1n) is 6.52. The quantitative estimate of drug-likeness (QED) is 0.917. The molecule has 0 spiro atoms. The lowest BCUT2D eigenvalue weighted by Crippen LogP contribution is -2.00. The Hall–Kier alpha value is -2.54. The van der Waals surface area contributed by atoms with Gasteiger partial charge in [-0.05, 0) is 39.0 Å². The van der Waals surface area contributed by atoms with Crippen LogP contribution in [0.15, 0.2) is 30.3 Å². The maximum absolute atomic E-state index is 9.25. The SMILES string of the molecule is CCOc1cccc(Nc2cc(C)nc(C)c2C#N)c1. The molecule has 20 heavy (non-hydrogen) atoms. The Morgan fingerprint density at radius 1 is 1.30 bits per heavy atom. The van der Waals surface area contributed by atoms with Crippen molar-refractivity contribution in [3.8, 4) is 11.8 Å². The number of ether oxygens (including phenoxy) is 1. The van der Waals surface area contributed by atoms with Gasteiger partial charge in [-0.25, -0.2) is 0 Å². The standard InChI is InChI=1S/C16H17N3O/c1-4-20-14-7-5-6-13(9-14)19-16-8-11(2)18-12(3)15(16)10-17/h5-9H,4H2,1-3H3,(H,18,19). The number of nitrogens with one attached hydrogen (secondary N) is 1. The molecule has 0 aliphatic carbocycles. The summed E-state index contributed by atoms with van der Waals surface area (Å²) in [6, 6.07) is 11.7. The second-order valence-electron chi connectivity index (χ2n) is 4.47. The minimum atomic E-state index is 0.567. The Labute approximate surface area is 119 Å². The number of anilines is 2. The molecule has 2 aromatic rings. The molecule has 1 heterocycles. The van der Waals surface area contributed by atoms with Crippen LogP contribution in [-0.2, 0) is 0 Å². The van der Waals surface area contributed by atoms with E-state index in [1.807, 2.05) is 51.1 Å². The Balaban J connectivity index is 2.35. The Morgan fingerprint density at radius 2 is 2.10 bits per heavy atom. The van der Waals surface area contributed by atoms with Crippen molar-refractivity contribution in [2.24, 2.45) is 0 Å². The van der Waals surface area contributed by atoms with E-state index in [4.69, 9.17) is 4.74 Å². The number of hydrogen-bond donors (Lipinski definition) is 1.